The van der Waals surface area contributed by atoms with Crippen molar-refractivity contribution in [3.05, 3.63) is 53.3 Å². The van der Waals surface area contributed by atoms with E-state index in [1.807, 2.05) is 19.1 Å². The molecule has 0 fully saturated rings. The molecule has 0 aliphatic rings. The molecule has 1 aromatic heterocycles. The van der Waals surface area contributed by atoms with Crippen LogP contribution in [0.1, 0.15) is 21.6 Å². The van der Waals surface area contributed by atoms with Crippen molar-refractivity contribution < 1.29 is 9.53 Å². The van der Waals surface area contributed by atoms with Crippen molar-refractivity contribution in [1.29, 1.82) is 0 Å². The lowest BCUT2D eigenvalue weighted by Gasteiger charge is -2.09. The van der Waals surface area contributed by atoms with Gasteiger partial charge in [-0.1, -0.05) is 0 Å². The fourth-order valence-corrected chi connectivity index (χ4v) is 1.89. The topological polar surface area (TPSA) is 77.2 Å². The minimum absolute atomic E-state index is 0.188. The van der Waals surface area contributed by atoms with E-state index in [1.54, 1.807) is 31.5 Å². The van der Waals surface area contributed by atoms with Crippen LogP contribution in [0, 0.1) is 6.92 Å². The van der Waals surface area contributed by atoms with Gasteiger partial charge in [-0.15, -0.1) is 0 Å². The molecule has 0 saturated heterocycles. The smallest absolute Gasteiger partial charge is 0.255 e. The zero-order valence-electron chi connectivity index (χ0n) is 11.5. The average molecular weight is 271 g/mol. The molecule has 0 radical (unpaired) electrons. The summed E-state index contributed by atoms with van der Waals surface area (Å²) in [5.41, 5.74) is 8.42. The summed E-state index contributed by atoms with van der Waals surface area (Å²) in [6.07, 6.45) is 1.58. The number of aryl methyl sites for hydroxylation is 1. The lowest BCUT2D eigenvalue weighted by Crippen LogP contribution is -2.13. The summed E-state index contributed by atoms with van der Waals surface area (Å²) < 4.78 is 5.18. The normalized spacial score (nSPS) is 10.2. The molecule has 104 valence electrons. The third-order valence-corrected chi connectivity index (χ3v) is 2.94. The quantitative estimate of drug-likeness (QED) is 0.892. The number of nitrogens with two attached hydrogens (primary N) is 1. The molecule has 0 spiro atoms. The van der Waals surface area contributed by atoms with Gasteiger partial charge in [0.15, 0.2) is 0 Å². The number of nitrogens with zero attached hydrogens (tertiary/aromatic N) is 1. The highest BCUT2D eigenvalue weighted by molar-refractivity contribution is 6.04. The van der Waals surface area contributed by atoms with Crippen molar-refractivity contribution in [2.45, 2.75) is 13.5 Å². The number of amides is 1. The molecule has 0 saturated carbocycles. The van der Waals surface area contributed by atoms with Crippen molar-refractivity contribution in [3.8, 4) is 5.75 Å². The van der Waals surface area contributed by atoms with E-state index in [-0.39, 0.29) is 5.91 Å². The van der Waals surface area contributed by atoms with Gasteiger partial charge >= 0.3 is 0 Å². The fourth-order valence-electron chi connectivity index (χ4n) is 1.89. The zero-order valence-corrected chi connectivity index (χ0v) is 11.5. The molecule has 0 aliphatic carbocycles. The Labute approximate surface area is 117 Å². The van der Waals surface area contributed by atoms with E-state index in [0.717, 1.165) is 17.0 Å². The standard InChI is InChI=1S/C15H17N3O2/c1-10-7-12(3-4-14(10)20-2)18-15(19)11-5-6-17-13(8-11)9-16/h3-8H,9,16H2,1-2H3,(H,18,19). The molecule has 1 heterocycles. The number of ether oxygens (including phenoxy) is 1. The van der Waals surface area contributed by atoms with Crippen LogP contribution in [0.3, 0.4) is 0 Å². The Bertz CT molecular complexity index is 626. The number of benzene rings is 1. The van der Waals surface area contributed by atoms with Crippen LogP contribution in [0.4, 0.5) is 5.69 Å². The third-order valence-electron chi connectivity index (χ3n) is 2.94. The second-order valence-electron chi connectivity index (χ2n) is 4.38. The molecule has 20 heavy (non-hydrogen) atoms. The molecule has 5 nitrogen and oxygen atoms in total. The lowest BCUT2D eigenvalue weighted by molar-refractivity contribution is 0.102. The number of methoxy groups -OCH3 is 1. The number of nitrogens with one attached hydrogen (secondary N) is 1. The van der Waals surface area contributed by atoms with Gasteiger partial charge in [0.25, 0.3) is 5.91 Å². The van der Waals surface area contributed by atoms with E-state index in [1.165, 1.54) is 0 Å². The van der Waals surface area contributed by atoms with Crippen LogP contribution in [-0.4, -0.2) is 18.0 Å². The van der Waals surface area contributed by atoms with Gasteiger partial charge < -0.3 is 15.8 Å². The van der Waals surface area contributed by atoms with E-state index in [2.05, 4.69) is 10.3 Å². The molecule has 1 aromatic carbocycles. The highest BCUT2D eigenvalue weighted by atomic mass is 16.5. The molecular formula is C15H17N3O2. The van der Waals surface area contributed by atoms with Crippen molar-refractivity contribution in [2.24, 2.45) is 5.73 Å². The van der Waals surface area contributed by atoms with Gasteiger partial charge in [-0.3, -0.25) is 9.78 Å². The maximum atomic E-state index is 12.1. The molecule has 0 unspecified atom stereocenters. The van der Waals surface area contributed by atoms with Gasteiger partial charge in [-0.2, -0.15) is 0 Å². The van der Waals surface area contributed by atoms with E-state index in [4.69, 9.17) is 10.5 Å². The van der Waals surface area contributed by atoms with Crippen molar-refractivity contribution in [3.63, 3.8) is 0 Å². The Hall–Kier alpha value is -2.40. The zero-order chi connectivity index (χ0) is 14.5. The molecular weight excluding hydrogens is 254 g/mol. The lowest BCUT2D eigenvalue weighted by atomic mass is 10.1. The van der Waals surface area contributed by atoms with Crippen molar-refractivity contribution in [2.75, 3.05) is 12.4 Å². The fraction of sp³-hybridized carbons (Fsp3) is 0.200. The van der Waals surface area contributed by atoms with Gasteiger partial charge in [0.05, 0.1) is 12.8 Å². The van der Waals surface area contributed by atoms with E-state index in [0.29, 0.717) is 17.8 Å². The van der Waals surface area contributed by atoms with Crippen molar-refractivity contribution in [1.82, 2.24) is 4.98 Å². The molecule has 0 atom stereocenters. The van der Waals surface area contributed by atoms with Gasteiger partial charge in [-0.25, -0.2) is 0 Å². The number of pyridine rings is 1. The maximum absolute atomic E-state index is 12.1. The maximum Gasteiger partial charge on any atom is 0.255 e. The third kappa shape index (κ3) is 3.13. The molecule has 1 amide bonds. The first-order valence-electron chi connectivity index (χ1n) is 6.25. The molecule has 5 heteroatoms. The van der Waals surface area contributed by atoms with Crippen LogP contribution >= 0.6 is 0 Å². The summed E-state index contributed by atoms with van der Waals surface area (Å²) in [5, 5.41) is 2.84. The highest BCUT2D eigenvalue weighted by Gasteiger charge is 2.08. The summed E-state index contributed by atoms with van der Waals surface area (Å²) in [6, 6.07) is 8.83. The number of carbonyl (C=O) groups excluding carboxylic acids is 1. The second kappa shape index (κ2) is 6.16. The second-order valence-corrected chi connectivity index (χ2v) is 4.38. The average Bonchev–Trinajstić information content (AvgIpc) is 2.47. The highest BCUT2D eigenvalue weighted by Crippen LogP contribution is 2.21. The summed E-state index contributed by atoms with van der Waals surface area (Å²) >= 11 is 0. The van der Waals surface area contributed by atoms with Crippen LogP contribution in [0.15, 0.2) is 36.5 Å². The molecule has 2 rings (SSSR count). The predicted molar refractivity (Wildman–Crippen MR) is 77.8 cm³/mol. The number of rotatable bonds is 4. The first-order valence-corrected chi connectivity index (χ1v) is 6.25. The summed E-state index contributed by atoms with van der Waals surface area (Å²) in [7, 11) is 1.62. The van der Waals surface area contributed by atoms with Gasteiger partial charge in [-0.05, 0) is 42.8 Å². The number of anilines is 1. The van der Waals surface area contributed by atoms with Crippen LogP contribution in [0.5, 0.6) is 5.75 Å². The Morgan fingerprint density at radius 1 is 1.35 bits per heavy atom. The van der Waals surface area contributed by atoms with E-state index in [9.17, 15) is 4.79 Å². The number of carbonyl (C=O) groups is 1. The number of hydrogen-bond acceptors (Lipinski definition) is 4. The van der Waals surface area contributed by atoms with Gasteiger partial charge in [0.2, 0.25) is 0 Å². The minimum Gasteiger partial charge on any atom is -0.496 e. The summed E-state index contributed by atoms with van der Waals surface area (Å²) in [6.45, 7) is 2.23. The molecule has 0 bridgehead atoms. The monoisotopic (exact) mass is 271 g/mol. The first-order chi connectivity index (χ1) is 9.63. The van der Waals surface area contributed by atoms with Gasteiger partial charge in [0, 0.05) is 24.0 Å². The molecule has 2 aromatic rings. The molecule has 3 N–H and O–H groups in total. The van der Waals surface area contributed by atoms with Crippen LogP contribution in [-0.2, 0) is 6.54 Å². The van der Waals surface area contributed by atoms with Crippen LogP contribution < -0.4 is 15.8 Å². The van der Waals surface area contributed by atoms with Crippen LogP contribution in [0.25, 0.3) is 0 Å². The molecule has 0 aliphatic heterocycles. The van der Waals surface area contributed by atoms with E-state index >= 15 is 0 Å². The summed E-state index contributed by atoms with van der Waals surface area (Å²) in [5.74, 6) is 0.601. The number of hydrogen-bond donors (Lipinski definition) is 2. The largest absolute Gasteiger partial charge is 0.496 e. The Morgan fingerprint density at radius 2 is 2.15 bits per heavy atom. The SMILES string of the molecule is COc1ccc(NC(=O)c2ccnc(CN)c2)cc1C. The predicted octanol–water partition coefficient (Wildman–Crippen LogP) is 2.11. The Morgan fingerprint density at radius 3 is 2.80 bits per heavy atom. The first kappa shape index (κ1) is 14.0. The Kier molecular flexibility index (Phi) is 4.32. The van der Waals surface area contributed by atoms with E-state index < -0.39 is 0 Å². The minimum atomic E-state index is -0.188. The van der Waals surface area contributed by atoms with Crippen LogP contribution in [0.2, 0.25) is 0 Å². The summed E-state index contributed by atoms with van der Waals surface area (Å²) in [4.78, 5) is 16.2. The Balaban J connectivity index is 2.16. The van der Waals surface area contributed by atoms with Gasteiger partial charge in [0.1, 0.15) is 5.75 Å². The number of aromatic nitrogens is 1. The van der Waals surface area contributed by atoms with Crippen molar-refractivity contribution >= 4 is 11.6 Å².